The minimum atomic E-state index is -4.60. The van der Waals surface area contributed by atoms with Crippen LogP contribution in [0.15, 0.2) is 42.2 Å². The minimum Gasteiger partial charge on any atom is -0.493 e. The molecule has 1 aliphatic heterocycles. The van der Waals surface area contributed by atoms with E-state index in [1.165, 1.54) is 6.07 Å². The topological polar surface area (TPSA) is 79.9 Å². The molecule has 0 saturated carbocycles. The van der Waals surface area contributed by atoms with Crippen molar-refractivity contribution in [2.24, 2.45) is 13.0 Å². The van der Waals surface area contributed by atoms with E-state index in [1.807, 2.05) is 17.6 Å². The molecule has 5 rings (SSSR count). The van der Waals surface area contributed by atoms with Crippen molar-refractivity contribution in [3.63, 3.8) is 0 Å². The highest BCUT2D eigenvalue weighted by Gasteiger charge is 2.35. The normalized spacial score (nSPS) is 15.2. The highest BCUT2D eigenvalue weighted by atomic mass is 32.1. The van der Waals surface area contributed by atoms with Crippen molar-refractivity contribution in [2.75, 3.05) is 19.7 Å². The molecule has 0 aliphatic carbocycles. The number of hydrogen-bond acceptors (Lipinski definition) is 7. The van der Waals surface area contributed by atoms with E-state index in [2.05, 4.69) is 19.9 Å². The van der Waals surface area contributed by atoms with Crippen molar-refractivity contribution < 1.29 is 17.9 Å². The third-order valence-electron chi connectivity index (χ3n) is 6.73. The van der Waals surface area contributed by atoms with Gasteiger partial charge in [-0.15, -0.1) is 11.3 Å². The van der Waals surface area contributed by atoms with Crippen molar-refractivity contribution >= 4 is 22.4 Å². The molecule has 1 saturated heterocycles. The van der Waals surface area contributed by atoms with Crippen LogP contribution in [0.25, 0.3) is 22.3 Å². The number of likely N-dealkylation sites (tertiary alicyclic amines) is 1. The Labute approximate surface area is 216 Å². The lowest BCUT2D eigenvalue weighted by molar-refractivity contribution is -0.138. The van der Waals surface area contributed by atoms with E-state index in [4.69, 9.17) is 4.74 Å². The molecule has 7 nitrogen and oxygen atoms in total. The highest BCUT2D eigenvalue weighted by molar-refractivity contribution is 7.09. The number of rotatable bonds is 7. The summed E-state index contributed by atoms with van der Waals surface area (Å²) in [4.78, 5) is 15.1. The van der Waals surface area contributed by atoms with Crippen LogP contribution in [-0.4, -0.2) is 44.1 Å². The first-order valence-corrected chi connectivity index (χ1v) is 12.9. The predicted octanol–water partition coefficient (Wildman–Crippen LogP) is 5.66. The number of aromatic nitrogens is 4. The van der Waals surface area contributed by atoms with Crippen LogP contribution in [0.2, 0.25) is 0 Å². The van der Waals surface area contributed by atoms with Gasteiger partial charge in [0, 0.05) is 24.2 Å². The number of pyridine rings is 1. The van der Waals surface area contributed by atoms with E-state index < -0.39 is 11.7 Å². The molecule has 0 N–H and O–H groups in total. The van der Waals surface area contributed by atoms with Crippen LogP contribution in [0, 0.1) is 17.2 Å². The number of thiazole rings is 1. The molecule has 11 heteroatoms. The zero-order valence-corrected chi connectivity index (χ0v) is 21.0. The Kier molecular flexibility index (Phi) is 7.13. The molecule has 1 fully saturated rings. The van der Waals surface area contributed by atoms with Gasteiger partial charge in [-0.05, 0) is 62.5 Å². The number of benzene rings is 1. The van der Waals surface area contributed by atoms with Gasteiger partial charge in [-0.2, -0.15) is 18.4 Å². The summed E-state index contributed by atoms with van der Waals surface area (Å²) in [7, 11) is 1.75. The van der Waals surface area contributed by atoms with Gasteiger partial charge in [0.2, 0.25) is 0 Å². The maximum atomic E-state index is 14.0. The number of fused-ring (bicyclic) bond motifs is 1. The Morgan fingerprint density at radius 2 is 2.00 bits per heavy atom. The molecule has 0 atom stereocenters. The van der Waals surface area contributed by atoms with Gasteiger partial charge in [0.1, 0.15) is 22.3 Å². The molecule has 0 radical (unpaired) electrons. The first-order chi connectivity index (χ1) is 17.8. The Bertz CT molecular complexity index is 1420. The van der Waals surface area contributed by atoms with E-state index in [0.29, 0.717) is 23.4 Å². The average molecular weight is 527 g/mol. The Morgan fingerprint density at radius 1 is 1.19 bits per heavy atom. The lowest BCUT2D eigenvalue weighted by Gasteiger charge is -2.31. The van der Waals surface area contributed by atoms with Gasteiger partial charge in [0.05, 0.1) is 36.3 Å². The molecule has 4 heterocycles. The van der Waals surface area contributed by atoms with Crippen LogP contribution in [0.3, 0.4) is 0 Å². The first kappa shape index (κ1) is 25.2. The van der Waals surface area contributed by atoms with Gasteiger partial charge in [0.15, 0.2) is 5.69 Å². The third-order valence-corrected chi connectivity index (χ3v) is 7.50. The summed E-state index contributed by atoms with van der Waals surface area (Å²) < 4.78 is 49.2. The van der Waals surface area contributed by atoms with E-state index >= 15 is 0 Å². The van der Waals surface area contributed by atoms with E-state index in [-0.39, 0.29) is 29.3 Å². The van der Waals surface area contributed by atoms with Crippen LogP contribution >= 0.6 is 11.3 Å². The van der Waals surface area contributed by atoms with Gasteiger partial charge in [-0.25, -0.2) is 15.0 Å². The molecule has 0 amide bonds. The van der Waals surface area contributed by atoms with Crippen molar-refractivity contribution in [1.82, 2.24) is 24.4 Å². The molecule has 37 heavy (non-hydrogen) atoms. The molecule has 0 bridgehead atoms. The lowest BCUT2D eigenvalue weighted by Crippen LogP contribution is -2.33. The van der Waals surface area contributed by atoms with Crippen LogP contribution in [0.4, 0.5) is 13.2 Å². The van der Waals surface area contributed by atoms with Gasteiger partial charge in [-0.3, -0.25) is 4.90 Å². The standard InChI is InChI=1S/C26H25F3N6OS/c1-34-16-32-25-21(14-30)33-20(13-22(25)34)18-2-3-23(19(12-18)26(27,28)29)36-10-6-17-4-8-35(9-5-17)15-24-31-7-11-37-24/h2-3,7,11-13,16-17H,4-6,8-10,15H2,1H3. The summed E-state index contributed by atoms with van der Waals surface area (Å²) in [6.45, 7) is 2.97. The molecular weight excluding hydrogens is 501 g/mol. The fraction of sp³-hybridized carbons (Fsp3) is 0.385. The Balaban J connectivity index is 1.26. The Hall–Kier alpha value is -3.49. The summed E-state index contributed by atoms with van der Waals surface area (Å²) in [6, 6.07) is 7.55. The molecule has 0 unspecified atom stereocenters. The van der Waals surface area contributed by atoms with Crippen molar-refractivity contribution in [1.29, 1.82) is 5.26 Å². The zero-order valence-electron chi connectivity index (χ0n) is 20.2. The number of piperidine rings is 1. The summed E-state index contributed by atoms with van der Waals surface area (Å²) >= 11 is 1.65. The van der Waals surface area contributed by atoms with Gasteiger partial charge in [0.25, 0.3) is 0 Å². The molecule has 4 aromatic rings. The second kappa shape index (κ2) is 10.5. The number of imidazole rings is 1. The van der Waals surface area contributed by atoms with E-state index in [0.717, 1.165) is 43.5 Å². The van der Waals surface area contributed by atoms with Crippen LogP contribution in [-0.2, 0) is 19.8 Å². The average Bonchev–Trinajstić information content (AvgIpc) is 3.54. The van der Waals surface area contributed by atoms with Crippen LogP contribution in [0.1, 0.15) is 35.5 Å². The van der Waals surface area contributed by atoms with Gasteiger partial charge < -0.3 is 9.30 Å². The summed E-state index contributed by atoms with van der Waals surface area (Å²) in [6.07, 6.45) is 1.44. The molecule has 0 spiro atoms. The number of nitrogens with zero attached hydrogens (tertiary/aromatic N) is 6. The Morgan fingerprint density at radius 3 is 2.70 bits per heavy atom. The van der Waals surface area contributed by atoms with E-state index in [9.17, 15) is 18.4 Å². The second-order valence-electron chi connectivity index (χ2n) is 9.18. The van der Waals surface area contributed by atoms with E-state index in [1.54, 1.807) is 41.4 Å². The monoisotopic (exact) mass is 526 g/mol. The number of halogens is 3. The fourth-order valence-electron chi connectivity index (χ4n) is 4.68. The first-order valence-electron chi connectivity index (χ1n) is 12.0. The number of alkyl halides is 3. The number of nitriles is 1. The second-order valence-corrected chi connectivity index (χ2v) is 10.2. The summed E-state index contributed by atoms with van der Waals surface area (Å²) in [5, 5.41) is 12.5. The largest absolute Gasteiger partial charge is 0.493 e. The number of aryl methyl sites for hydroxylation is 1. The molecule has 1 aromatic carbocycles. The smallest absolute Gasteiger partial charge is 0.419 e. The number of ether oxygens (including phenoxy) is 1. The maximum Gasteiger partial charge on any atom is 0.419 e. The van der Waals surface area contributed by atoms with Crippen molar-refractivity contribution in [3.05, 3.63) is 58.4 Å². The summed E-state index contributed by atoms with van der Waals surface area (Å²) in [5.41, 5.74) is 0.779. The highest BCUT2D eigenvalue weighted by Crippen LogP contribution is 2.39. The predicted molar refractivity (Wildman–Crippen MR) is 134 cm³/mol. The fourth-order valence-corrected chi connectivity index (χ4v) is 5.34. The molecular formula is C26H25F3N6OS. The van der Waals surface area contributed by atoms with Gasteiger partial charge in [-0.1, -0.05) is 0 Å². The molecule has 192 valence electrons. The summed E-state index contributed by atoms with van der Waals surface area (Å²) in [5.74, 6) is 0.222. The lowest BCUT2D eigenvalue weighted by atomic mass is 9.94. The third kappa shape index (κ3) is 5.60. The van der Waals surface area contributed by atoms with Gasteiger partial charge >= 0.3 is 6.18 Å². The van der Waals surface area contributed by atoms with Crippen LogP contribution < -0.4 is 4.74 Å². The maximum absolute atomic E-state index is 14.0. The number of hydrogen-bond donors (Lipinski definition) is 0. The minimum absolute atomic E-state index is 0.0692. The zero-order chi connectivity index (χ0) is 26.0. The van der Waals surface area contributed by atoms with Crippen LogP contribution in [0.5, 0.6) is 5.75 Å². The molecule has 3 aromatic heterocycles. The molecule has 1 aliphatic rings. The quantitative estimate of drug-likeness (QED) is 0.309. The SMILES string of the molecule is Cn1cnc2c(C#N)nc(-c3ccc(OCCC4CCN(Cc5nccs5)CC4)c(C(F)(F)F)c3)cc21. The van der Waals surface area contributed by atoms with Crippen molar-refractivity contribution in [2.45, 2.75) is 32.0 Å². The van der Waals surface area contributed by atoms with Crippen molar-refractivity contribution in [3.8, 4) is 23.1 Å².